The molecule has 3 aromatic rings. The van der Waals surface area contributed by atoms with Gasteiger partial charge in [0.2, 0.25) is 11.9 Å². The zero-order valence-electron chi connectivity index (χ0n) is 13.9. The van der Waals surface area contributed by atoms with Crippen LogP contribution in [0.15, 0.2) is 42.9 Å². The Hall–Kier alpha value is -2.96. The molecule has 0 spiro atoms. The Balaban J connectivity index is 1.65. The third kappa shape index (κ3) is 2.82. The van der Waals surface area contributed by atoms with E-state index in [0.29, 0.717) is 23.8 Å². The minimum atomic E-state index is -0.315. The van der Waals surface area contributed by atoms with Gasteiger partial charge in [-0.3, -0.25) is 9.69 Å². The lowest BCUT2D eigenvalue weighted by molar-refractivity contribution is -0.119. The van der Waals surface area contributed by atoms with Crippen LogP contribution in [0.25, 0.3) is 11.3 Å². The van der Waals surface area contributed by atoms with E-state index in [1.807, 2.05) is 22.3 Å². The predicted molar refractivity (Wildman–Crippen MR) is 91.6 cm³/mol. The van der Waals surface area contributed by atoms with Gasteiger partial charge in [0.05, 0.1) is 5.69 Å². The van der Waals surface area contributed by atoms with E-state index in [1.54, 1.807) is 35.5 Å². The first-order chi connectivity index (χ1) is 12.1. The first-order valence-corrected chi connectivity index (χ1v) is 8.23. The topological polar surface area (TPSA) is 56.0 Å². The lowest BCUT2D eigenvalue weighted by atomic mass is 10.1. The van der Waals surface area contributed by atoms with E-state index in [-0.39, 0.29) is 18.3 Å². The van der Waals surface area contributed by atoms with E-state index in [9.17, 15) is 9.18 Å². The van der Waals surface area contributed by atoms with Crippen LogP contribution in [0.1, 0.15) is 12.2 Å². The Morgan fingerprint density at radius 2 is 2.12 bits per heavy atom. The maximum Gasteiger partial charge on any atom is 0.249 e. The van der Waals surface area contributed by atoms with Crippen molar-refractivity contribution in [2.24, 2.45) is 0 Å². The second-order valence-electron chi connectivity index (χ2n) is 6.10. The smallest absolute Gasteiger partial charge is 0.249 e. The molecule has 0 saturated carbocycles. The summed E-state index contributed by atoms with van der Waals surface area (Å²) < 4.78 is 17.8. The number of halogens is 1. The van der Waals surface area contributed by atoms with Gasteiger partial charge in [0.1, 0.15) is 18.2 Å². The van der Waals surface area contributed by atoms with Crippen molar-refractivity contribution in [3.8, 4) is 11.3 Å². The number of benzene rings is 1. The number of aromatic nitrogens is 4. The Labute approximate surface area is 144 Å². The fraction of sp³-hybridized carbons (Fsp3) is 0.278. The Bertz CT molecular complexity index is 929. The number of hydrogen-bond acceptors (Lipinski definition) is 3. The fourth-order valence-corrected chi connectivity index (χ4v) is 3.12. The molecule has 0 N–H and O–H groups in total. The van der Waals surface area contributed by atoms with Crippen LogP contribution in [-0.4, -0.2) is 31.6 Å². The summed E-state index contributed by atoms with van der Waals surface area (Å²) in [5.74, 6) is 1.01. The summed E-state index contributed by atoms with van der Waals surface area (Å²) in [7, 11) is 0. The summed E-state index contributed by atoms with van der Waals surface area (Å²) in [5.41, 5.74) is 0.994. The van der Waals surface area contributed by atoms with Gasteiger partial charge in [-0.1, -0.05) is 12.1 Å². The fourth-order valence-electron chi connectivity index (χ4n) is 3.12. The van der Waals surface area contributed by atoms with Crippen LogP contribution in [0.5, 0.6) is 0 Å². The molecule has 3 heterocycles. The molecule has 1 aliphatic heterocycles. The first kappa shape index (κ1) is 15.6. The third-order valence-corrected chi connectivity index (χ3v) is 4.46. The summed E-state index contributed by atoms with van der Waals surface area (Å²) in [5, 5.41) is 0. The monoisotopic (exact) mass is 339 g/mol. The van der Waals surface area contributed by atoms with Crippen molar-refractivity contribution in [3.63, 3.8) is 0 Å². The molecule has 7 heteroatoms. The van der Waals surface area contributed by atoms with Crippen molar-refractivity contribution in [3.05, 3.63) is 54.5 Å². The van der Waals surface area contributed by atoms with Gasteiger partial charge in [-0.25, -0.2) is 14.4 Å². The molecule has 1 aliphatic rings. The molecule has 25 heavy (non-hydrogen) atoms. The molecule has 1 aromatic carbocycles. The van der Waals surface area contributed by atoms with E-state index in [2.05, 4.69) is 9.97 Å². The van der Waals surface area contributed by atoms with Crippen LogP contribution in [0.4, 0.5) is 10.3 Å². The van der Waals surface area contributed by atoms with Gasteiger partial charge < -0.3 is 9.13 Å². The van der Waals surface area contributed by atoms with Gasteiger partial charge >= 0.3 is 0 Å². The number of carbonyl (C=O) groups is 1. The number of aryl methyl sites for hydroxylation is 2. The van der Waals surface area contributed by atoms with Gasteiger partial charge in [0.15, 0.2) is 0 Å². The highest BCUT2D eigenvalue weighted by Gasteiger charge is 2.26. The van der Waals surface area contributed by atoms with E-state index >= 15 is 0 Å². The van der Waals surface area contributed by atoms with E-state index in [0.717, 1.165) is 18.8 Å². The molecule has 128 valence electrons. The zero-order chi connectivity index (χ0) is 17.4. The summed E-state index contributed by atoms with van der Waals surface area (Å²) in [6.45, 7) is 3.46. The van der Waals surface area contributed by atoms with Crippen molar-refractivity contribution in [2.75, 3.05) is 11.4 Å². The average molecular weight is 339 g/mol. The molecule has 4 rings (SSSR count). The summed E-state index contributed by atoms with van der Waals surface area (Å²) >= 11 is 0. The quantitative estimate of drug-likeness (QED) is 0.737. The van der Waals surface area contributed by atoms with E-state index in [1.165, 1.54) is 6.07 Å². The molecule has 0 aliphatic carbocycles. The van der Waals surface area contributed by atoms with Crippen molar-refractivity contribution < 1.29 is 9.18 Å². The van der Waals surface area contributed by atoms with Gasteiger partial charge in [-0.15, -0.1) is 0 Å². The lowest BCUT2D eigenvalue weighted by Gasteiger charge is -2.27. The van der Waals surface area contributed by atoms with Crippen molar-refractivity contribution >= 4 is 11.9 Å². The molecular formula is C18H18FN5O. The molecule has 0 fully saturated rings. The van der Waals surface area contributed by atoms with Crippen LogP contribution in [-0.2, 0) is 17.9 Å². The summed E-state index contributed by atoms with van der Waals surface area (Å²) in [4.78, 5) is 23.1. The minimum absolute atomic E-state index is 0.0484. The first-order valence-electron chi connectivity index (χ1n) is 8.23. The standard InChI is InChI=1S/C18H18FN5O/c1-13-20-7-10-22(13)12-17(25)24-9-4-8-23-11-16(21-18(23)24)14-5-2-3-6-15(14)19/h2-3,5-7,10-11H,4,8-9,12H2,1H3. The zero-order valence-corrected chi connectivity index (χ0v) is 13.9. The second kappa shape index (κ2) is 6.16. The normalized spacial score (nSPS) is 13.8. The molecule has 0 saturated heterocycles. The summed E-state index contributed by atoms with van der Waals surface area (Å²) in [6, 6.07) is 6.54. The number of nitrogens with zero attached hydrogens (tertiary/aromatic N) is 5. The van der Waals surface area contributed by atoms with Crippen LogP contribution in [0.3, 0.4) is 0 Å². The Kier molecular flexibility index (Phi) is 3.83. The van der Waals surface area contributed by atoms with Crippen LogP contribution in [0, 0.1) is 12.7 Å². The predicted octanol–water partition coefficient (Wildman–Crippen LogP) is 2.63. The SMILES string of the molecule is Cc1nccn1CC(=O)N1CCCn2cc(-c3ccccc3F)nc21. The van der Waals surface area contributed by atoms with Crippen molar-refractivity contribution in [1.29, 1.82) is 0 Å². The van der Waals surface area contributed by atoms with E-state index < -0.39 is 0 Å². The number of fused-ring (bicyclic) bond motifs is 1. The maximum absolute atomic E-state index is 14.1. The highest BCUT2D eigenvalue weighted by Crippen LogP contribution is 2.28. The molecular weight excluding hydrogens is 321 g/mol. The second-order valence-corrected chi connectivity index (χ2v) is 6.10. The molecule has 6 nitrogen and oxygen atoms in total. The molecule has 0 radical (unpaired) electrons. The van der Waals surface area contributed by atoms with Crippen LogP contribution >= 0.6 is 0 Å². The molecule has 1 amide bonds. The number of amides is 1. The Morgan fingerprint density at radius 1 is 1.28 bits per heavy atom. The molecule has 0 unspecified atom stereocenters. The number of rotatable bonds is 3. The number of anilines is 1. The Morgan fingerprint density at radius 3 is 2.88 bits per heavy atom. The maximum atomic E-state index is 14.1. The van der Waals surface area contributed by atoms with E-state index in [4.69, 9.17) is 0 Å². The van der Waals surface area contributed by atoms with Gasteiger partial charge in [0.25, 0.3) is 0 Å². The van der Waals surface area contributed by atoms with Crippen molar-refractivity contribution in [2.45, 2.75) is 26.4 Å². The molecule has 0 bridgehead atoms. The minimum Gasteiger partial charge on any atom is -0.326 e. The molecule has 0 atom stereocenters. The number of hydrogen-bond donors (Lipinski definition) is 0. The largest absolute Gasteiger partial charge is 0.326 e. The van der Waals surface area contributed by atoms with Gasteiger partial charge in [0, 0.05) is 37.2 Å². The van der Waals surface area contributed by atoms with Crippen LogP contribution < -0.4 is 4.90 Å². The van der Waals surface area contributed by atoms with Crippen LogP contribution in [0.2, 0.25) is 0 Å². The number of carbonyl (C=O) groups excluding carboxylic acids is 1. The highest BCUT2D eigenvalue weighted by molar-refractivity contribution is 5.92. The van der Waals surface area contributed by atoms with Crippen molar-refractivity contribution in [1.82, 2.24) is 19.1 Å². The lowest BCUT2D eigenvalue weighted by Crippen LogP contribution is -2.39. The molecule has 2 aromatic heterocycles. The number of imidazole rings is 2. The van der Waals surface area contributed by atoms with Gasteiger partial charge in [-0.2, -0.15) is 0 Å². The summed E-state index contributed by atoms with van der Waals surface area (Å²) in [6.07, 6.45) is 6.12. The van der Waals surface area contributed by atoms with Gasteiger partial charge in [-0.05, 0) is 25.5 Å². The average Bonchev–Trinajstić information content (AvgIpc) is 3.21. The third-order valence-electron chi connectivity index (χ3n) is 4.46. The highest BCUT2D eigenvalue weighted by atomic mass is 19.1.